The standard InChI is InChI=1S/C19H26INO/c20-18-14-8-7-13-17(18)19(22)21(15-9-3-1-4-10-15)16-11-5-2-6-12-16/h7-8,13-16H,1-6,9-12H2. The fraction of sp³-hybridized carbons (Fsp3) is 0.632. The van der Waals surface area contributed by atoms with Crippen LogP contribution in [0, 0.1) is 3.57 Å². The molecule has 1 amide bonds. The molecule has 2 saturated carbocycles. The number of hydrogen-bond acceptors (Lipinski definition) is 1. The summed E-state index contributed by atoms with van der Waals surface area (Å²) >= 11 is 2.30. The molecule has 0 radical (unpaired) electrons. The van der Waals surface area contributed by atoms with E-state index >= 15 is 0 Å². The van der Waals surface area contributed by atoms with Crippen molar-refractivity contribution in [2.75, 3.05) is 0 Å². The first-order valence-corrected chi connectivity index (χ1v) is 9.92. The molecule has 0 atom stereocenters. The van der Waals surface area contributed by atoms with E-state index < -0.39 is 0 Å². The van der Waals surface area contributed by atoms with Gasteiger partial charge in [0, 0.05) is 15.7 Å². The Morgan fingerprint density at radius 3 is 1.86 bits per heavy atom. The molecule has 0 heterocycles. The smallest absolute Gasteiger partial charge is 0.255 e. The summed E-state index contributed by atoms with van der Waals surface area (Å²) in [6, 6.07) is 9.01. The molecule has 2 aliphatic carbocycles. The first-order chi connectivity index (χ1) is 10.8. The van der Waals surface area contributed by atoms with Crippen molar-refractivity contribution in [1.29, 1.82) is 0 Å². The number of carbonyl (C=O) groups excluding carboxylic acids is 1. The average Bonchev–Trinajstić information content (AvgIpc) is 2.57. The quantitative estimate of drug-likeness (QED) is 0.610. The summed E-state index contributed by atoms with van der Waals surface area (Å²) in [6.07, 6.45) is 12.6. The van der Waals surface area contributed by atoms with Crippen molar-refractivity contribution in [2.24, 2.45) is 0 Å². The molecule has 1 aromatic rings. The van der Waals surface area contributed by atoms with Crippen molar-refractivity contribution in [3.8, 4) is 0 Å². The Labute approximate surface area is 147 Å². The average molecular weight is 411 g/mol. The van der Waals surface area contributed by atoms with Crippen LogP contribution in [0.3, 0.4) is 0 Å². The minimum Gasteiger partial charge on any atom is -0.333 e. The molecule has 3 heteroatoms. The predicted octanol–water partition coefficient (Wildman–Crippen LogP) is 5.40. The Morgan fingerprint density at radius 1 is 0.864 bits per heavy atom. The molecule has 3 rings (SSSR count). The van der Waals surface area contributed by atoms with E-state index in [2.05, 4.69) is 27.5 Å². The fourth-order valence-corrected chi connectivity index (χ4v) is 4.74. The molecule has 0 unspecified atom stereocenters. The van der Waals surface area contributed by atoms with Crippen LogP contribution >= 0.6 is 22.6 Å². The zero-order valence-corrected chi connectivity index (χ0v) is 15.4. The van der Waals surface area contributed by atoms with Gasteiger partial charge in [-0.15, -0.1) is 0 Å². The summed E-state index contributed by atoms with van der Waals surface area (Å²) in [5, 5.41) is 0. The monoisotopic (exact) mass is 411 g/mol. The molecular formula is C19H26INO. The second-order valence-electron chi connectivity index (χ2n) is 6.78. The summed E-state index contributed by atoms with van der Waals surface area (Å²) in [7, 11) is 0. The highest BCUT2D eigenvalue weighted by molar-refractivity contribution is 14.1. The van der Waals surface area contributed by atoms with E-state index in [0.717, 1.165) is 9.13 Å². The van der Waals surface area contributed by atoms with E-state index in [9.17, 15) is 4.79 Å². The van der Waals surface area contributed by atoms with Crippen LogP contribution in [0.2, 0.25) is 0 Å². The highest BCUT2D eigenvalue weighted by atomic mass is 127. The van der Waals surface area contributed by atoms with Gasteiger partial charge in [-0.3, -0.25) is 4.79 Å². The summed E-state index contributed by atoms with van der Waals surface area (Å²) in [6.45, 7) is 0. The first-order valence-electron chi connectivity index (χ1n) is 8.84. The van der Waals surface area contributed by atoms with Gasteiger partial charge in [-0.05, 0) is 60.4 Å². The van der Waals surface area contributed by atoms with Crippen LogP contribution in [0.15, 0.2) is 24.3 Å². The van der Waals surface area contributed by atoms with Crippen LogP contribution in [0.4, 0.5) is 0 Å². The fourth-order valence-electron chi connectivity index (χ4n) is 4.12. The van der Waals surface area contributed by atoms with Gasteiger partial charge in [-0.2, -0.15) is 0 Å². The van der Waals surface area contributed by atoms with Crippen molar-refractivity contribution in [2.45, 2.75) is 76.3 Å². The van der Waals surface area contributed by atoms with Gasteiger partial charge in [0.25, 0.3) is 5.91 Å². The molecule has 0 bridgehead atoms. The lowest BCUT2D eigenvalue weighted by molar-refractivity contribution is 0.0447. The maximum Gasteiger partial charge on any atom is 0.255 e. The van der Waals surface area contributed by atoms with Crippen molar-refractivity contribution >= 4 is 28.5 Å². The van der Waals surface area contributed by atoms with Gasteiger partial charge < -0.3 is 4.90 Å². The van der Waals surface area contributed by atoms with E-state index in [-0.39, 0.29) is 5.91 Å². The third kappa shape index (κ3) is 3.66. The number of nitrogens with zero attached hydrogens (tertiary/aromatic N) is 1. The molecule has 1 aromatic carbocycles. The SMILES string of the molecule is O=C(c1ccccc1I)N(C1CCCCC1)C1CCCCC1. The van der Waals surface area contributed by atoms with E-state index in [1.807, 2.05) is 24.3 Å². The highest BCUT2D eigenvalue weighted by Crippen LogP contribution is 2.32. The predicted molar refractivity (Wildman–Crippen MR) is 99.1 cm³/mol. The maximum atomic E-state index is 13.3. The summed E-state index contributed by atoms with van der Waals surface area (Å²) in [5.41, 5.74) is 0.902. The van der Waals surface area contributed by atoms with Gasteiger partial charge in [-0.1, -0.05) is 50.7 Å². The first kappa shape index (κ1) is 16.3. The summed E-state index contributed by atoms with van der Waals surface area (Å²) in [4.78, 5) is 15.6. The van der Waals surface area contributed by atoms with Crippen molar-refractivity contribution in [3.05, 3.63) is 33.4 Å². The number of benzene rings is 1. The molecule has 0 spiro atoms. The van der Waals surface area contributed by atoms with E-state index in [1.165, 1.54) is 64.2 Å². The molecule has 0 aliphatic heterocycles. The molecule has 22 heavy (non-hydrogen) atoms. The number of rotatable bonds is 3. The Morgan fingerprint density at radius 2 is 1.36 bits per heavy atom. The zero-order chi connectivity index (χ0) is 15.4. The minimum absolute atomic E-state index is 0.281. The van der Waals surface area contributed by atoms with E-state index in [0.29, 0.717) is 12.1 Å². The van der Waals surface area contributed by atoms with Crippen LogP contribution in [0.25, 0.3) is 0 Å². The highest BCUT2D eigenvalue weighted by Gasteiger charge is 2.33. The Bertz CT molecular complexity index is 486. The van der Waals surface area contributed by atoms with Gasteiger partial charge >= 0.3 is 0 Å². The second-order valence-corrected chi connectivity index (χ2v) is 7.94. The molecule has 120 valence electrons. The van der Waals surface area contributed by atoms with Crippen LogP contribution in [0.5, 0.6) is 0 Å². The van der Waals surface area contributed by atoms with Crippen LogP contribution in [0.1, 0.15) is 74.6 Å². The van der Waals surface area contributed by atoms with Gasteiger partial charge in [0.05, 0.1) is 5.56 Å². The van der Waals surface area contributed by atoms with Gasteiger partial charge in [0.15, 0.2) is 0 Å². The Kier molecular flexibility index (Phi) is 5.77. The maximum absolute atomic E-state index is 13.3. The number of halogens is 1. The van der Waals surface area contributed by atoms with Gasteiger partial charge in [0.2, 0.25) is 0 Å². The topological polar surface area (TPSA) is 20.3 Å². The van der Waals surface area contributed by atoms with Crippen LogP contribution < -0.4 is 0 Å². The normalized spacial score (nSPS) is 20.8. The number of carbonyl (C=O) groups is 1. The van der Waals surface area contributed by atoms with Crippen molar-refractivity contribution < 1.29 is 4.79 Å². The lowest BCUT2D eigenvalue weighted by atomic mass is 9.88. The van der Waals surface area contributed by atoms with Gasteiger partial charge in [-0.25, -0.2) is 0 Å². The third-order valence-electron chi connectivity index (χ3n) is 5.27. The Balaban J connectivity index is 1.86. The lowest BCUT2D eigenvalue weighted by Gasteiger charge is -2.42. The molecule has 2 fully saturated rings. The Hall–Kier alpha value is -0.580. The molecule has 0 saturated heterocycles. The zero-order valence-electron chi connectivity index (χ0n) is 13.3. The molecule has 0 N–H and O–H groups in total. The van der Waals surface area contributed by atoms with Crippen molar-refractivity contribution in [1.82, 2.24) is 4.90 Å². The molecule has 2 nitrogen and oxygen atoms in total. The van der Waals surface area contributed by atoms with E-state index in [4.69, 9.17) is 0 Å². The molecule has 2 aliphatic rings. The van der Waals surface area contributed by atoms with Crippen LogP contribution in [-0.4, -0.2) is 22.9 Å². The summed E-state index contributed by atoms with van der Waals surface area (Å²) < 4.78 is 1.08. The van der Waals surface area contributed by atoms with E-state index in [1.54, 1.807) is 0 Å². The second kappa shape index (κ2) is 7.80. The number of amides is 1. The largest absolute Gasteiger partial charge is 0.333 e. The minimum atomic E-state index is 0.281. The van der Waals surface area contributed by atoms with Gasteiger partial charge in [0.1, 0.15) is 0 Å². The number of hydrogen-bond donors (Lipinski definition) is 0. The molecular weight excluding hydrogens is 385 g/mol. The van der Waals surface area contributed by atoms with Crippen molar-refractivity contribution in [3.63, 3.8) is 0 Å². The lowest BCUT2D eigenvalue weighted by Crippen LogP contribution is -2.49. The van der Waals surface area contributed by atoms with Crippen LogP contribution in [-0.2, 0) is 0 Å². The third-order valence-corrected chi connectivity index (χ3v) is 6.22. The molecule has 0 aromatic heterocycles. The summed E-state index contributed by atoms with van der Waals surface area (Å²) in [5.74, 6) is 0.281.